The molecule has 1 heterocycles. The maximum Gasteiger partial charge on any atom is 0.322 e. The van der Waals surface area contributed by atoms with E-state index in [0.717, 1.165) is 32.7 Å². The van der Waals surface area contributed by atoms with Crippen molar-refractivity contribution in [3.8, 4) is 5.75 Å². The fraction of sp³-hybridized carbons (Fsp3) is 0.143. The maximum atomic E-state index is 13.1. The van der Waals surface area contributed by atoms with Crippen molar-refractivity contribution in [1.29, 1.82) is 0 Å². The lowest BCUT2D eigenvalue weighted by atomic mass is 10.2. The van der Waals surface area contributed by atoms with Crippen molar-refractivity contribution in [3.63, 3.8) is 0 Å². The number of halogens is 1. The lowest BCUT2D eigenvalue weighted by Crippen LogP contribution is -2.36. The van der Waals surface area contributed by atoms with E-state index in [-0.39, 0.29) is 6.03 Å². The summed E-state index contributed by atoms with van der Waals surface area (Å²) in [5.74, 6) is 0.797. The van der Waals surface area contributed by atoms with Crippen LogP contribution < -0.4 is 10.1 Å². The number of pyridine rings is 1. The normalized spacial score (nSPS) is 10.5. The van der Waals surface area contributed by atoms with Crippen LogP contribution in [0.3, 0.4) is 0 Å². The number of hydrogen-bond acceptors (Lipinski definition) is 3. The van der Waals surface area contributed by atoms with Crippen molar-refractivity contribution in [1.82, 2.24) is 9.88 Å². The van der Waals surface area contributed by atoms with Crippen molar-refractivity contribution in [2.45, 2.75) is 19.6 Å². The first kappa shape index (κ1) is 23.5. The highest BCUT2D eigenvalue weighted by molar-refractivity contribution is 9.10. The van der Waals surface area contributed by atoms with Crippen LogP contribution >= 0.6 is 15.9 Å². The van der Waals surface area contributed by atoms with Gasteiger partial charge in [0.25, 0.3) is 0 Å². The number of carbonyl (C=O) groups is 1. The molecule has 0 radical (unpaired) electrons. The molecule has 3 aromatic carbocycles. The topological polar surface area (TPSA) is 54.5 Å². The van der Waals surface area contributed by atoms with Crippen LogP contribution in [0.15, 0.2) is 108 Å². The van der Waals surface area contributed by atoms with Crippen LogP contribution in [-0.4, -0.2) is 22.5 Å². The smallest absolute Gasteiger partial charge is 0.322 e. The summed E-state index contributed by atoms with van der Waals surface area (Å²) < 4.78 is 6.80. The van der Waals surface area contributed by atoms with Gasteiger partial charge < -0.3 is 15.0 Å². The number of benzene rings is 3. The van der Waals surface area contributed by atoms with Gasteiger partial charge in [0, 0.05) is 41.6 Å². The van der Waals surface area contributed by atoms with Gasteiger partial charge in [-0.3, -0.25) is 4.98 Å². The number of urea groups is 1. The first-order chi connectivity index (χ1) is 16.7. The Morgan fingerprint density at radius 2 is 1.68 bits per heavy atom. The zero-order valence-corrected chi connectivity index (χ0v) is 20.3. The number of ether oxygens (including phenoxy) is 1. The highest BCUT2D eigenvalue weighted by Crippen LogP contribution is 2.18. The van der Waals surface area contributed by atoms with Gasteiger partial charge >= 0.3 is 6.03 Å². The van der Waals surface area contributed by atoms with Crippen LogP contribution in [0.25, 0.3) is 0 Å². The molecule has 0 bridgehead atoms. The third kappa shape index (κ3) is 7.18. The van der Waals surface area contributed by atoms with E-state index < -0.39 is 0 Å². The van der Waals surface area contributed by atoms with Crippen LogP contribution in [0.5, 0.6) is 5.75 Å². The number of hydrogen-bond donors (Lipinski definition) is 1. The molecular formula is C28H26BrN3O2. The Labute approximate surface area is 208 Å². The molecule has 4 rings (SSSR count). The van der Waals surface area contributed by atoms with E-state index in [1.54, 1.807) is 11.1 Å². The molecule has 0 saturated heterocycles. The molecule has 0 spiro atoms. The molecule has 34 heavy (non-hydrogen) atoms. The minimum absolute atomic E-state index is 0.154. The van der Waals surface area contributed by atoms with Crippen molar-refractivity contribution in [3.05, 3.63) is 125 Å². The molecule has 0 atom stereocenters. The third-order valence-corrected chi connectivity index (χ3v) is 5.77. The van der Waals surface area contributed by atoms with Crippen LogP contribution in [0.2, 0.25) is 0 Å². The van der Waals surface area contributed by atoms with Gasteiger partial charge in [-0.05, 0) is 53.6 Å². The Morgan fingerprint density at radius 3 is 2.41 bits per heavy atom. The number of aromatic nitrogens is 1. The zero-order valence-electron chi connectivity index (χ0n) is 18.7. The molecular weight excluding hydrogens is 490 g/mol. The predicted octanol–water partition coefficient (Wildman–Crippen LogP) is 6.70. The lowest BCUT2D eigenvalue weighted by molar-refractivity contribution is 0.209. The quantitative estimate of drug-likeness (QED) is 0.269. The summed E-state index contributed by atoms with van der Waals surface area (Å²) in [4.78, 5) is 19.3. The van der Waals surface area contributed by atoms with Crippen molar-refractivity contribution < 1.29 is 9.53 Å². The average Bonchev–Trinajstić information content (AvgIpc) is 2.87. The Kier molecular flexibility index (Phi) is 8.30. The van der Waals surface area contributed by atoms with Crippen molar-refractivity contribution in [2.75, 3.05) is 11.9 Å². The van der Waals surface area contributed by atoms with E-state index in [4.69, 9.17) is 4.74 Å². The van der Waals surface area contributed by atoms with E-state index in [2.05, 4.69) is 26.2 Å². The molecule has 2 amide bonds. The molecule has 0 aliphatic heterocycles. The van der Waals surface area contributed by atoms with E-state index in [1.807, 2.05) is 97.1 Å². The summed E-state index contributed by atoms with van der Waals surface area (Å²) in [5.41, 5.74) is 3.84. The molecule has 6 heteroatoms. The second-order valence-electron chi connectivity index (χ2n) is 7.85. The molecule has 4 aromatic rings. The Balaban J connectivity index is 1.41. The number of nitrogens with one attached hydrogen (secondary N) is 1. The number of rotatable bonds is 9. The number of carbonyl (C=O) groups excluding carboxylic acids is 1. The number of anilines is 1. The monoisotopic (exact) mass is 515 g/mol. The largest absolute Gasteiger partial charge is 0.489 e. The Bertz CT molecular complexity index is 1190. The predicted molar refractivity (Wildman–Crippen MR) is 139 cm³/mol. The standard InChI is InChI=1S/C28H26BrN3O2/c29-24-9-6-11-26(19-24)31-28(33)32(18-16-25-10-4-5-17-30-25)20-22-12-14-27(15-13-22)34-21-23-7-2-1-3-8-23/h1-15,17,19H,16,18,20-21H2,(H,31,33). The molecule has 0 aliphatic carbocycles. The second-order valence-corrected chi connectivity index (χ2v) is 8.77. The first-order valence-electron chi connectivity index (χ1n) is 11.1. The molecule has 5 nitrogen and oxygen atoms in total. The van der Waals surface area contributed by atoms with Crippen molar-refractivity contribution >= 4 is 27.6 Å². The van der Waals surface area contributed by atoms with E-state index in [9.17, 15) is 4.79 Å². The van der Waals surface area contributed by atoms with Crippen molar-refractivity contribution in [2.24, 2.45) is 0 Å². The third-order valence-electron chi connectivity index (χ3n) is 5.27. The second kappa shape index (κ2) is 12.0. The molecule has 1 aromatic heterocycles. The summed E-state index contributed by atoms with van der Waals surface area (Å²) in [6, 6.07) is 31.2. The molecule has 1 N–H and O–H groups in total. The number of nitrogens with zero attached hydrogens (tertiary/aromatic N) is 2. The maximum absolute atomic E-state index is 13.1. The van der Waals surface area contributed by atoms with E-state index in [1.165, 1.54) is 0 Å². The van der Waals surface area contributed by atoms with Gasteiger partial charge in [0.15, 0.2) is 0 Å². The summed E-state index contributed by atoms with van der Waals surface area (Å²) in [5, 5.41) is 3.00. The highest BCUT2D eigenvalue weighted by Gasteiger charge is 2.15. The average molecular weight is 516 g/mol. The summed E-state index contributed by atoms with van der Waals surface area (Å²) in [7, 11) is 0. The van der Waals surface area contributed by atoms with Gasteiger partial charge in [-0.15, -0.1) is 0 Å². The van der Waals surface area contributed by atoms with Crippen LogP contribution in [0.4, 0.5) is 10.5 Å². The molecule has 172 valence electrons. The lowest BCUT2D eigenvalue weighted by Gasteiger charge is -2.23. The van der Waals surface area contributed by atoms with Gasteiger partial charge in [0.1, 0.15) is 12.4 Å². The van der Waals surface area contributed by atoms with Gasteiger partial charge in [-0.1, -0.05) is 70.5 Å². The SMILES string of the molecule is O=C(Nc1cccc(Br)c1)N(CCc1ccccn1)Cc1ccc(OCc2ccccc2)cc1. The van der Waals surface area contributed by atoms with Gasteiger partial charge in [0.2, 0.25) is 0 Å². The fourth-order valence-corrected chi connectivity index (χ4v) is 3.87. The van der Waals surface area contributed by atoms with Crippen LogP contribution in [0.1, 0.15) is 16.8 Å². The number of amides is 2. The highest BCUT2D eigenvalue weighted by atomic mass is 79.9. The van der Waals surface area contributed by atoms with Crippen LogP contribution in [0, 0.1) is 0 Å². The summed E-state index contributed by atoms with van der Waals surface area (Å²) in [6.45, 7) is 1.54. The fourth-order valence-electron chi connectivity index (χ4n) is 3.47. The summed E-state index contributed by atoms with van der Waals surface area (Å²) in [6.07, 6.45) is 2.44. The van der Waals surface area contributed by atoms with Gasteiger partial charge in [-0.2, -0.15) is 0 Å². The van der Waals surface area contributed by atoms with E-state index in [0.29, 0.717) is 26.1 Å². The minimum Gasteiger partial charge on any atom is -0.489 e. The van der Waals surface area contributed by atoms with Gasteiger partial charge in [-0.25, -0.2) is 4.79 Å². The molecule has 0 unspecified atom stereocenters. The Hall–Kier alpha value is -3.64. The van der Waals surface area contributed by atoms with Crippen LogP contribution in [-0.2, 0) is 19.6 Å². The first-order valence-corrected chi connectivity index (χ1v) is 11.9. The summed E-state index contributed by atoms with van der Waals surface area (Å²) >= 11 is 3.45. The molecule has 0 saturated carbocycles. The minimum atomic E-state index is -0.154. The van der Waals surface area contributed by atoms with Gasteiger partial charge in [0.05, 0.1) is 0 Å². The molecule has 0 fully saturated rings. The Morgan fingerprint density at radius 1 is 0.882 bits per heavy atom. The molecule has 0 aliphatic rings. The zero-order chi connectivity index (χ0) is 23.6. The van der Waals surface area contributed by atoms with E-state index >= 15 is 0 Å².